The van der Waals surface area contributed by atoms with Crippen molar-refractivity contribution in [3.63, 3.8) is 0 Å². The molecule has 2 N–H and O–H groups in total. The number of carboxylic acids is 1. The second-order valence-corrected chi connectivity index (χ2v) is 3.28. The number of carbonyl (C=O) groups is 1. The number of hydrogen-bond acceptors (Lipinski definition) is 2. The van der Waals surface area contributed by atoms with Crippen LogP contribution in [0.2, 0.25) is 0 Å². The molecule has 0 radical (unpaired) electrons. The van der Waals surface area contributed by atoms with E-state index in [0.717, 1.165) is 24.3 Å². The molecule has 0 spiro atoms. The zero-order chi connectivity index (χ0) is 11.9. The Labute approximate surface area is 88.6 Å². The normalized spacial score (nSPS) is 10.6. The number of benzene rings is 2. The lowest BCUT2D eigenvalue weighted by atomic mass is 10.0. The van der Waals surface area contributed by atoms with Crippen LogP contribution in [0.15, 0.2) is 24.3 Å². The fourth-order valence-corrected chi connectivity index (χ4v) is 1.55. The van der Waals surface area contributed by atoms with Gasteiger partial charge < -0.3 is 10.2 Å². The molecular formula is C11H6F2O3. The summed E-state index contributed by atoms with van der Waals surface area (Å²) >= 11 is 0. The Bertz CT molecular complexity index is 593. The molecule has 0 amide bonds. The Morgan fingerprint density at radius 3 is 2.19 bits per heavy atom. The van der Waals surface area contributed by atoms with Gasteiger partial charge in [-0.05, 0) is 18.2 Å². The summed E-state index contributed by atoms with van der Waals surface area (Å²) in [6, 6.07) is 3.48. The number of fused-ring (bicyclic) bond motifs is 1. The fourth-order valence-electron chi connectivity index (χ4n) is 1.55. The Kier molecular flexibility index (Phi) is 2.23. The molecule has 0 saturated carbocycles. The van der Waals surface area contributed by atoms with Crippen LogP contribution >= 0.6 is 0 Å². The van der Waals surface area contributed by atoms with Crippen molar-refractivity contribution in [2.45, 2.75) is 0 Å². The molecule has 2 aromatic carbocycles. The Morgan fingerprint density at radius 1 is 1.00 bits per heavy atom. The van der Waals surface area contributed by atoms with E-state index in [-0.39, 0.29) is 16.3 Å². The van der Waals surface area contributed by atoms with E-state index < -0.39 is 23.4 Å². The molecule has 5 heteroatoms. The molecule has 3 nitrogen and oxygen atoms in total. The smallest absolute Gasteiger partial charge is 0.336 e. The molecule has 0 aromatic heterocycles. The molecule has 82 valence electrons. The largest absolute Gasteiger partial charge is 0.507 e. The lowest BCUT2D eigenvalue weighted by molar-refractivity contribution is 0.0698. The van der Waals surface area contributed by atoms with Gasteiger partial charge in [-0.2, -0.15) is 0 Å². The molecule has 0 aliphatic carbocycles. The van der Waals surface area contributed by atoms with Gasteiger partial charge in [-0.1, -0.05) is 0 Å². The van der Waals surface area contributed by atoms with Gasteiger partial charge in [-0.3, -0.25) is 0 Å². The highest BCUT2D eigenvalue weighted by Crippen LogP contribution is 2.29. The fraction of sp³-hybridized carbons (Fsp3) is 0. The molecule has 0 heterocycles. The maximum atomic E-state index is 13.1. The summed E-state index contributed by atoms with van der Waals surface area (Å²) in [7, 11) is 0. The molecular weight excluding hydrogens is 218 g/mol. The monoisotopic (exact) mass is 224 g/mol. The average molecular weight is 224 g/mol. The van der Waals surface area contributed by atoms with E-state index in [0.29, 0.717) is 0 Å². The topological polar surface area (TPSA) is 57.5 Å². The van der Waals surface area contributed by atoms with Gasteiger partial charge in [0.15, 0.2) is 0 Å². The molecule has 0 bridgehead atoms. The molecule has 2 aromatic rings. The first kappa shape index (κ1) is 10.4. The molecule has 0 saturated heterocycles. The first-order valence-corrected chi connectivity index (χ1v) is 4.34. The van der Waals surface area contributed by atoms with Gasteiger partial charge in [-0.15, -0.1) is 0 Å². The van der Waals surface area contributed by atoms with Gasteiger partial charge >= 0.3 is 5.97 Å². The quantitative estimate of drug-likeness (QED) is 0.782. The number of carboxylic acid groups (broad SMARTS) is 1. The van der Waals surface area contributed by atoms with Crippen molar-refractivity contribution in [2.24, 2.45) is 0 Å². The second-order valence-electron chi connectivity index (χ2n) is 3.28. The van der Waals surface area contributed by atoms with E-state index in [9.17, 15) is 18.7 Å². The highest BCUT2D eigenvalue weighted by molar-refractivity contribution is 6.05. The van der Waals surface area contributed by atoms with Gasteiger partial charge in [0.2, 0.25) is 0 Å². The summed E-state index contributed by atoms with van der Waals surface area (Å²) in [6.07, 6.45) is 0. The van der Waals surface area contributed by atoms with Crippen LogP contribution in [0.3, 0.4) is 0 Å². The maximum absolute atomic E-state index is 13.1. The van der Waals surface area contributed by atoms with Crippen LogP contribution in [0.1, 0.15) is 10.4 Å². The van der Waals surface area contributed by atoms with E-state index in [1.165, 1.54) is 0 Å². The molecule has 0 atom stereocenters. The first-order valence-electron chi connectivity index (χ1n) is 4.34. The number of aromatic carboxylic acids is 1. The van der Waals surface area contributed by atoms with E-state index in [2.05, 4.69) is 0 Å². The Balaban J connectivity index is 2.95. The van der Waals surface area contributed by atoms with E-state index in [1.54, 1.807) is 0 Å². The Hall–Kier alpha value is -2.17. The molecule has 2 rings (SSSR count). The third-order valence-electron chi connectivity index (χ3n) is 2.21. The van der Waals surface area contributed by atoms with Crippen molar-refractivity contribution in [3.8, 4) is 5.75 Å². The summed E-state index contributed by atoms with van der Waals surface area (Å²) in [5.41, 5.74) is -0.384. The van der Waals surface area contributed by atoms with Crippen LogP contribution in [-0.4, -0.2) is 16.2 Å². The van der Waals surface area contributed by atoms with E-state index >= 15 is 0 Å². The van der Waals surface area contributed by atoms with Crippen molar-refractivity contribution >= 4 is 16.7 Å². The number of hydrogen-bond donors (Lipinski definition) is 2. The first-order chi connectivity index (χ1) is 7.49. The number of halogens is 2. The third kappa shape index (κ3) is 1.56. The third-order valence-corrected chi connectivity index (χ3v) is 2.21. The molecule has 0 unspecified atom stereocenters. The highest BCUT2D eigenvalue weighted by Gasteiger charge is 2.14. The van der Waals surface area contributed by atoms with Gasteiger partial charge in [0, 0.05) is 16.8 Å². The SMILES string of the molecule is O=C(O)c1cc(F)cc2c(O)cc(F)cc12. The van der Waals surface area contributed by atoms with Crippen LogP contribution in [0.25, 0.3) is 10.8 Å². The van der Waals surface area contributed by atoms with Gasteiger partial charge in [0.25, 0.3) is 0 Å². The summed E-state index contributed by atoms with van der Waals surface area (Å²) in [5, 5.41) is 18.1. The van der Waals surface area contributed by atoms with Gasteiger partial charge in [0.05, 0.1) is 5.56 Å². The minimum Gasteiger partial charge on any atom is -0.507 e. The lowest BCUT2D eigenvalue weighted by Crippen LogP contribution is -1.99. The average Bonchev–Trinajstić information content (AvgIpc) is 2.18. The molecule has 16 heavy (non-hydrogen) atoms. The lowest BCUT2D eigenvalue weighted by Gasteiger charge is -2.05. The number of aromatic hydroxyl groups is 1. The van der Waals surface area contributed by atoms with Crippen molar-refractivity contribution in [2.75, 3.05) is 0 Å². The van der Waals surface area contributed by atoms with Crippen LogP contribution < -0.4 is 0 Å². The second kappa shape index (κ2) is 3.44. The van der Waals surface area contributed by atoms with E-state index in [4.69, 9.17) is 5.11 Å². The van der Waals surface area contributed by atoms with Crippen LogP contribution in [0, 0.1) is 11.6 Å². The van der Waals surface area contributed by atoms with E-state index in [1.807, 2.05) is 0 Å². The van der Waals surface area contributed by atoms with Crippen molar-refractivity contribution < 1.29 is 23.8 Å². The minimum absolute atomic E-state index is 0.0289. The summed E-state index contributed by atoms with van der Waals surface area (Å²) in [6.45, 7) is 0. The Morgan fingerprint density at radius 2 is 1.56 bits per heavy atom. The van der Waals surface area contributed by atoms with Gasteiger partial charge in [-0.25, -0.2) is 13.6 Å². The molecule has 0 aliphatic rings. The summed E-state index contributed by atoms with van der Waals surface area (Å²) < 4.78 is 26.1. The number of phenols is 1. The predicted octanol–water partition coefficient (Wildman–Crippen LogP) is 2.52. The molecule has 0 aliphatic heterocycles. The van der Waals surface area contributed by atoms with Crippen molar-refractivity contribution in [1.29, 1.82) is 0 Å². The van der Waals surface area contributed by atoms with Crippen molar-refractivity contribution in [3.05, 3.63) is 41.5 Å². The highest BCUT2D eigenvalue weighted by atomic mass is 19.1. The zero-order valence-corrected chi connectivity index (χ0v) is 7.87. The standard InChI is InChI=1S/C11H6F2O3/c12-5-2-8-7(9(3-5)11(15)16)1-6(13)4-10(8)14/h1-4,14H,(H,15,16). The number of rotatable bonds is 1. The number of phenolic OH excluding ortho intramolecular Hbond substituents is 1. The van der Waals surface area contributed by atoms with Crippen LogP contribution in [-0.2, 0) is 0 Å². The van der Waals surface area contributed by atoms with Crippen LogP contribution in [0.5, 0.6) is 5.75 Å². The minimum atomic E-state index is -1.38. The molecule has 0 fully saturated rings. The summed E-state index contributed by atoms with van der Waals surface area (Å²) in [5.74, 6) is -3.45. The maximum Gasteiger partial charge on any atom is 0.336 e. The van der Waals surface area contributed by atoms with Crippen molar-refractivity contribution in [1.82, 2.24) is 0 Å². The zero-order valence-electron chi connectivity index (χ0n) is 7.87. The van der Waals surface area contributed by atoms with Gasteiger partial charge in [0.1, 0.15) is 17.4 Å². The predicted molar refractivity (Wildman–Crippen MR) is 52.5 cm³/mol. The van der Waals surface area contributed by atoms with Crippen LogP contribution in [0.4, 0.5) is 8.78 Å². The summed E-state index contributed by atoms with van der Waals surface area (Å²) in [4.78, 5) is 10.8.